The minimum atomic E-state index is -3.99. The molecule has 12 heteroatoms. The number of hydrogen-bond acceptors (Lipinski definition) is 7. The van der Waals surface area contributed by atoms with Crippen LogP contribution in [0.15, 0.2) is 105 Å². The van der Waals surface area contributed by atoms with Crippen molar-refractivity contribution in [2.45, 2.75) is 11.8 Å². The summed E-state index contributed by atoms with van der Waals surface area (Å²) in [6.07, 6.45) is 1.31. The standard InChI is InChI=1S/C29H23BrClN3O6S/c1-2-39-23-12-7-19(8-13-23)29(36)40-27-16-9-21(30)17-20(27)18-32-33-28(35)25-5-3-4-6-26(25)34-41(37,38)24-14-10-22(31)11-15-24/h3-18,34H,2H2,1H3,(H,33,35)/b32-18-. The lowest BCUT2D eigenvalue weighted by atomic mass is 10.2. The fourth-order valence-corrected chi connectivity index (χ4v) is 5.12. The number of benzene rings is 4. The number of carbonyl (C=O) groups is 2. The maximum atomic E-state index is 12.9. The molecule has 0 spiro atoms. The predicted octanol–water partition coefficient (Wildman–Crippen LogP) is 6.29. The van der Waals surface area contributed by atoms with Crippen molar-refractivity contribution in [2.24, 2.45) is 5.10 Å². The molecule has 9 nitrogen and oxygen atoms in total. The summed E-state index contributed by atoms with van der Waals surface area (Å²) in [5.74, 6) is -0.411. The molecule has 0 atom stereocenters. The molecule has 2 N–H and O–H groups in total. The van der Waals surface area contributed by atoms with Gasteiger partial charge in [0.1, 0.15) is 11.5 Å². The summed E-state index contributed by atoms with van der Waals surface area (Å²) in [5.41, 5.74) is 3.20. The molecule has 0 aliphatic rings. The summed E-state index contributed by atoms with van der Waals surface area (Å²) in [6, 6.07) is 23.2. The van der Waals surface area contributed by atoms with Crippen LogP contribution < -0.4 is 19.6 Å². The topological polar surface area (TPSA) is 123 Å². The molecule has 4 aromatic carbocycles. The van der Waals surface area contributed by atoms with Crippen LogP contribution >= 0.6 is 27.5 Å². The first-order valence-electron chi connectivity index (χ1n) is 12.1. The number of nitrogens with zero attached hydrogens (tertiary/aromatic N) is 1. The third-order valence-corrected chi connectivity index (χ3v) is 7.61. The van der Waals surface area contributed by atoms with E-state index in [2.05, 4.69) is 31.2 Å². The Kier molecular flexibility index (Phi) is 9.77. The van der Waals surface area contributed by atoms with Gasteiger partial charge in [-0.2, -0.15) is 5.10 Å². The highest BCUT2D eigenvalue weighted by molar-refractivity contribution is 9.10. The highest BCUT2D eigenvalue weighted by Crippen LogP contribution is 2.24. The molecule has 0 saturated heterocycles. The fraction of sp³-hybridized carbons (Fsp3) is 0.0690. The van der Waals surface area contributed by atoms with E-state index in [-0.39, 0.29) is 21.9 Å². The summed E-state index contributed by atoms with van der Waals surface area (Å²) < 4.78 is 39.7. The van der Waals surface area contributed by atoms with Gasteiger partial charge in [0.25, 0.3) is 15.9 Å². The molecule has 4 aromatic rings. The average molecular weight is 657 g/mol. The summed E-state index contributed by atoms with van der Waals surface area (Å²) in [5, 5.41) is 4.38. The lowest BCUT2D eigenvalue weighted by Gasteiger charge is -2.12. The summed E-state index contributed by atoms with van der Waals surface area (Å²) in [4.78, 5) is 25.6. The highest BCUT2D eigenvalue weighted by atomic mass is 79.9. The van der Waals surface area contributed by atoms with Gasteiger partial charge in [-0.05, 0) is 85.8 Å². The van der Waals surface area contributed by atoms with Crippen molar-refractivity contribution in [2.75, 3.05) is 11.3 Å². The van der Waals surface area contributed by atoms with E-state index in [9.17, 15) is 18.0 Å². The molecular weight excluding hydrogens is 634 g/mol. The number of anilines is 1. The van der Waals surface area contributed by atoms with E-state index in [0.29, 0.717) is 33.0 Å². The molecule has 0 heterocycles. The number of para-hydroxylation sites is 1. The lowest BCUT2D eigenvalue weighted by Crippen LogP contribution is -2.21. The van der Waals surface area contributed by atoms with Crippen molar-refractivity contribution in [1.82, 2.24) is 5.43 Å². The summed E-state index contributed by atoms with van der Waals surface area (Å²) >= 11 is 9.23. The Morgan fingerprint density at radius 2 is 1.68 bits per heavy atom. The molecule has 0 bridgehead atoms. The Bertz CT molecular complexity index is 1690. The molecular formula is C29H23BrClN3O6S. The number of hydrogen-bond donors (Lipinski definition) is 2. The number of ether oxygens (including phenoxy) is 2. The van der Waals surface area contributed by atoms with Crippen LogP contribution in [0.4, 0.5) is 5.69 Å². The first kappa shape index (κ1) is 29.8. The first-order valence-corrected chi connectivity index (χ1v) is 14.8. The van der Waals surface area contributed by atoms with Gasteiger partial charge >= 0.3 is 5.97 Å². The Morgan fingerprint density at radius 1 is 0.976 bits per heavy atom. The van der Waals surface area contributed by atoms with Crippen LogP contribution in [0.3, 0.4) is 0 Å². The fourth-order valence-electron chi connectivity index (χ4n) is 3.53. The second-order valence-corrected chi connectivity index (χ2v) is 11.4. The molecule has 0 unspecified atom stereocenters. The van der Waals surface area contributed by atoms with Crippen LogP contribution in [0.2, 0.25) is 5.02 Å². The Labute approximate surface area is 250 Å². The van der Waals surface area contributed by atoms with E-state index in [4.69, 9.17) is 21.1 Å². The number of amides is 1. The molecule has 0 fully saturated rings. The average Bonchev–Trinajstić information content (AvgIpc) is 2.95. The van der Waals surface area contributed by atoms with Gasteiger partial charge in [0.15, 0.2) is 0 Å². The molecule has 0 aliphatic carbocycles. The van der Waals surface area contributed by atoms with Gasteiger partial charge in [0.05, 0.1) is 34.5 Å². The van der Waals surface area contributed by atoms with Crippen molar-refractivity contribution in [1.29, 1.82) is 0 Å². The van der Waals surface area contributed by atoms with Crippen LogP contribution in [0.5, 0.6) is 11.5 Å². The smallest absolute Gasteiger partial charge is 0.343 e. The SMILES string of the molecule is CCOc1ccc(C(=O)Oc2ccc(Br)cc2/C=N\NC(=O)c2ccccc2NS(=O)(=O)c2ccc(Cl)cc2)cc1. The molecule has 0 saturated carbocycles. The minimum Gasteiger partial charge on any atom is -0.494 e. The predicted molar refractivity (Wildman–Crippen MR) is 160 cm³/mol. The lowest BCUT2D eigenvalue weighted by molar-refractivity contribution is 0.0734. The monoisotopic (exact) mass is 655 g/mol. The van der Waals surface area contributed by atoms with Crippen molar-refractivity contribution >= 4 is 61.3 Å². The van der Waals surface area contributed by atoms with E-state index in [1.54, 1.807) is 54.6 Å². The third kappa shape index (κ3) is 7.94. The number of carbonyl (C=O) groups excluding carboxylic acids is 2. The van der Waals surface area contributed by atoms with E-state index in [1.807, 2.05) is 6.92 Å². The van der Waals surface area contributed by atoms with Crippen molar-refractivity contribution in [3.63, 3.8) is 0 Å². The van der Waals surface area contributed by atoms with Crippen molar-refractivity contribution < 1.29 is 27.5 Å². The van der Waals surface area contributed by atoms with E-state index in [1.165, 1.54) is 42.6 Å². The Balaban J connectivity index is 1.48. The molecule has 0 aromatic heterocycles. The Hall–Kier alpha value is -4.19. The zero-order valence-corrected chi connectivity index (χ0v) is 24.7. The first-order chi connectivity index (χ1) is 19.7. The van der Waals surface area contributed by atoms with Gasteiger partial charge in [0, 0.05) is 15.1 Å². The molecule has 210 valence electrons. The van der Waals surface area contributed by atoms with E-state index < -0.39 is 21.9 Å². The maximum absolute atomic E-state index is 12.9. The number of rotatable bonds is 10. The summed E-state index contributed by atoms with van der Waals surface area (Å²) in [6.45, 7) is 2.37. The summed E-state index contributed by atoms with van der Waals surface area (Å²) in [7, 11) is -3.99. The molecule has 1 amide bonds. The zero-order chi connectivity index (χ0) is 29.4. The minimum absolute atomic E-state index is 0.0166. The second-order valence-electron chi connectivity index (χ2n) is 8.33. The van der Waals surface area contributed by atoms with Crippen molar-refractivity contribution in [3.05, 3.63) is 117 Å². The number of sulfonamides is 1. The number of hydrazone groups is 1. The van der Waals surface area contributed by atoms with Crippen LogP contribution in [0.1, 0.15) is 33.2 Å². The van der Waals surface area contributed by atoms with Gasteiger partial charge in [-0.25, -0.2) is 18.6 Å². The van der Waals surface area contributed by atoms with Gasteiger partial charge < -0.3 is 9.47 Å². The normalized spacial score (nSPS) is 11.2. The quantitative estimate of drug-likeness (QED) is 0.0896. The molecule has 41 heavy (non-hydrogen) atoms. The van der Waals surface area contributed by atoms with Crippen LogP contribution in [0.25, 0.3) is 0 Å². The van der Waals surface area contributed by atoms with Crippen LogP contribution in [-0.4, -0.2) is 33.1 Å². The zero-order valence-electron chi connectivity index (χ0n) is 21.5. The van der Waals surface area contributed by atoms with Crippen LogP contribution in [-0.2, 0) is 10.0 Å². The van der Waals surface area contributed by atoms with Gasteiger partial charge in [0.2, 0.25) is 0 Å². The van der Waals surface area contributed by atoms with Crippen molar-refractivity contribution in [3.8, 4) is 11.5 Å². The van der Waals surface area contributed by atoms with E-state index in [0.717, 1.165) is 0 Å². The van der Waals surface area contributed by atoms with Crippen LogP contribution in [0, 0.1) is 0 Å². The molecule has 0 radical (unpaired) electrons. The van der Waals surface area contributed by atoms with E-state index >= 15 is 0 Å². The largest absolute Gasteiger partial charge is 0.494 e. The molecule has 0 aliphatic heterocycles. The second kappa shape index (κ2) is 13.4. The van der Waals surface area contributed by atoms with Gasteiger partial charge in [-0.3, -0.25) is 9.52 Å². The third-order valence-electron chi connectivity index (χ3n) is 5.49. The number of nitrogens with one attached hydrogen (secondary N) is 2. The maximum Gasteiger partial charge on any atom is 0.343 e. The number of halogens is 2. The molecule has 4 rings (SSSR count). The number of esters is 1. The van der Waals surface area contributed by atoms with Gasteiger partial charge in [-0.1, -0.05) is 39.7 Å². The van der Waals surface area contributed by atoms with Gasteiger partial charge in [-0.15, -0.1) is 0 Å². The Morgan fingerprint density at radius 3 is 2.39 bits per heavy atom. The highest BCUT2D eigenvalue weighted by Gasteiger charge is 2.19.